The van der Waals surface area contributed by atoms with E-state index < -0.39 is 9.84 Å². The second kappa shape index (κ2) is 7.79. The van der Waals surface area contributed by atoms with Crippen LogP contribution < -0.4 is 10.2 Å². The molecule has 2 aromatic carbocycles. The second-order valence-corrected chi connectivity index (χ2v) is 10.6. The van der Waals surface area contributed by atoms with Gasteiger partial charge in [-0.15, -0.1) is 0 Å². The van der Waals surface area contributed by atoms with Crippen molar-refractivity contribution in [2.24, 2.45) is 4.99 Å². The third kappa shape index (κ3) is 4.62. The number of hydrogen-bond donors (Lipinski definition) is 1. The van der Waals surface area contributed by atoms with Gasteiger partial charge in [0.05, 0.1) is 17.5 Å². The van der Waals surface area contributed by atoms with Crippen molar-refractivity contribution in [1.29, 1.82) is 0 Å². The van der Waals surface area contributed by atoms with Crippen LogP contribution in [0.2, 0.25) is 0 Å². The van der Waals surface area contributed by atoms with Gasteiger partial charge in [0.2, 0.25) is 5.91 Å². The lowest BCUT2D eigenvalue weighted by molar-refractivity contribution is -0.114. The highest BCUT2D eigenvalue weighted by atomic mass is 32.2. The lowest BCUT2D eigenvalue weighted by Gasteiger charge is -2.24. The maximum Gasteiger partial charge on any atom is 0.244 e. The molecule has 0 spiro atoms. The Kier molecular flexibility index (Phi) is 5.35. The summed E-state index contributed by atoms with van der Waals surface area (Å²) in [6.45, 7) is 1.98. The number of halogens is 1. The number of hydrogen-bond acceptors (Lipinski definition) is 6. The molecular formula is C20H20FN3O3S2. The number of carbonyl (C=O) groups is 1. The fourth-order valence-electron chi connectivity index (χ4n) is 3.41. The molecule has 1 saturated heterocycles. The van der Waals surface area contributed by atoms with Crippen LogP contribution >= 0.6 is 11.8 Å². The summed E-state index contributed by atoms with van der Waals surface area (Å²) in [6.07, 6.45) is 0. The van der Waals surface area contributed by atoms with E-state index in [1.54, 1.807) is 0 Å². The summed E-state index contributed by atoms with van der Waals surface area (Å²) in [5, 5.41) is 3.30. The van der Waals surface area contributed by atoms with Gasteiger partial charge in [0, 0.05) is 16.6 Å². The van der Waals surface area contributed by atoms with Gasteiger partial charge in [-0.1, -0.05) is 23.9 Å². The van der Waals surface area contributed by atoms with E-state index in [1.807, 2.05) is 36.1 Å². The number of benzene rings is 2. The third-order valence-electron chi connectivity index (χ3n) is 4.78. The Balaban J connectivity index is 1.56. The molecule has 0 radical (unpaired) electrons. The molecule has 29 heavy (non-hydrogen) atoms. The molecule has 1 N–H and O–H groups in total. The highest BCUT2D eigenvalue weighted by Gasteiger charge is 2.44. The highest BCUT2D eigenvalue weighted by molar-refractivity contribution is 8.15. The number of anilines is 2. The van der Waals surface area contributed by atoms with Gasteiger partial charge in [0.15, 0.2) is 15.0 Å². The van der Waals surface area contributed by atoms with Gasteiger partial charge in [-0.2, -0.15) is 0 Å². The average molecular weight is 434 g/mol. The van der Waals surface area contributed by atoms with E-state index in [9.17, 15) is 17.6 Å². The highest BCUT2D eigenvalue weighted by Crippen LogP contribution is 2.36. The summed E-state index contributed by atoms with van der Waals surface area (Å²) in [7, 11) is -3.05. The van der Waals surface area contributed by atoms with E-state index >= 15 is 0 Å². The second-order valence-electron chi connectivity index (χ2n) is 7.19. The lowest BCUT2D eigenvalue weighted by Crippen LogP contribution is -2.36. The molecule has 0 aliphatic carbocycles. The number of rotatable bonds is 4. The molecule has 6 nitrogen and oxygen atoms in total. The summed E-state index contributed by atoms with van der Waals surface area (Å²) in [5.74, 6) is -0.482. The fourth-order valence-corrected chi connectivity index (χ4v) is 7.19. The first kappa shape index (κ1) is 19.9. The van der Waals surface area contributed by atoms with E-state index in [-0.39, 0.29) is 41.1 Å². The quantitative estimate of drug-likeness (QED) is 0.802. The monoisotopic (exact) mass is 433 g/mol. The zero-order valence-corrected chi connectivity index (χ0v) is 17.3. The number of nitrogens with one attached hydrogen (secondary N) is 1. The smallest absolute Gasteiger partial charge is 0.244 e. The van der Waals surface area contributed by atoms with Gasteiger partial charge in [0.25, 0.3) is 0 Å². The topological polar surface area (TPSA) is 78.8 Å². The number of nitrogens with zero attached hydrogens (tertiary/aromatic N) is 2. The van der Waals surface area contributed by atoms with Crippen LogP contribution in [0.3, 0.4) is 0 Å². The molecule has 1 amide bonds. The normalized spacial score (nSPS) is 22.1. The number of thioether (sulfide) groups is 1. The van der Waals surface area contributed by atoms with E-state index in [0.717, 1.165) is 11.3 Å². The van der Waals surface area contributed by atoms with Crippen LogP contribution in [0.4, 0.5) is 15.8 Å². The molecule has 2 aliphatic heterocycles. The lowest BCUT2D eigenvalue weighted by atomic mass is 10.2. The van der Waals surface area contributed by atoms with Gasteiger partial charge in [-0.3, -0.25) is 9.79 Å². The standard InChI is InChI=1S/C20H20FN3O3S2/c1-13-3-2-4-16(9-13)24(10-19(25)22-15-7-5-14(21)6-8-15)20-23-17-11-29(26,27)12-18(17)28-20/h2-9,17-18H,10-12H2,1H3,(H,22,25)/t17-,18+/m1/s1. The maximum absolute atomic E-state index is 13.1. The molecule has 0 unspecified atom stereocenters. The largest absolute Gasteiger partial charge is 0.325 e. The number of fused-ring (bicyclic) bond motifs is 1. The Morgan fingerprint density at radius 1 is 1.24 bits per heavy atom. The number of sulfone groups is 1. The van der Waals surface area contributed by atoms with Crippen molar-refractivity contribution in [3.63, 3.8) is 0 Å². The summed E-state index contributed by atoms with van der Waals surface area (Å²) < 4.78 is 36.8. The molecular weight excluding hydrogens is 413 g/mol. The van der Waals surface area contributed by atoms with Crippen LogP contribution in [0.25, 0.3) is 0 Å². The van der Waals surface area contributed by atoms with Crippen LogP contribution in [0.1, 0.15) is 5.56 Å². The molecule has 2 heterocycles. The van der Waals surface area contributed by atoms with Crippen molar-refractivity contribution in [2.75, 3.05) is 28.3 Å². The molecule has 0 bridgehead atoms. The van der Waals surface area contributed by atoms with E-state index in [2.05, 4.69) is 10.3 Å². The minimum atomic E-state index is -3.05. The van der Waals surface area contributed by atoms with Crippen molar-refractivity contribution in [2.45, 2.75) is 18.2 Å². The zero-order valence-electron chi connectivity index (χ0n) is 15.7. The average Bonchev–Trinajstić information content (AvgIpc) is 3.15. The summed E-state index contributed by atoms with van der Waals surface area (Å²) in [6, 6.07) is 13.0. The summed E-state index contributed by atoms with van der Waals surface area (Å²) >= 11 is 1.41. The van der Waals surface area contributed by atoms with Gasteiger partial charge >= 0.3 is 0 Å². The molecule has 2 aliphatic rings. The van der Waals surface area contributed by atoms with Gasteiger partial charge < -0.3 is 10.2 Å². The molecule has 9 heteroatoms. The van der Waals surface area contributed by atoms with Crippen LogP contribution in [0.5, 0.6) is 0 Å². The Labute approximate surface area is 173 Å². The molecule has 2 aromatic rings. The van der Waals surface area contributed by atoms with Gasteiger partial charge in [0.1, 0.15) is 12.4 Å². The molecule has 152 valence electrons. The molecule has 1 fully saturated rings. The van der Waals surface area contributed by atoms with Crippen LogP contribution in [-0.4, -0.2) is 48.8 Å². The summed E-state index contributed by atoms with van der Waals surface area (Å²) in [4.78, 5) is 19.1. The third-order valence-corrected chi connectivity index (χ3v) is 8.03. The van der Waals surface area contributed by atoms with Gasteiger partial charge in [-0.25, -0.2) is 12.8 Å². The van der Waals surface area contributed by atoms with E-state index in [0.29, 0.717) is 10.9 Å². The first-order valence-corrected chi connectivity index (χ1v) is 11.8. The summed E-state index contributed by atoms with van der Waals surface area (Å²) in [5.41, 5.74) is 2.36. The van der Waals surface area contributed by atoms with Gasteiger partial charge in [-0.05, 0) is 48.9 Å². The first-order chi connectivity index (χ1) is 13.8. The van der Waals surface area contributed by atoms with E-state index in [1.165, 1.54) is 36.0 Å². The SMILES string of the molecule is Cc1cccc(N(CC(=O)Nc2ccc(F)cc2)C2=N[C@@H]3CS(=O)(=O)C[C@@H]3S2)c1. The Hall–Kier alpha value is -2.39. The van der Waals surface area contributed by atoms with Crippen LogP contribution in [-0.2, 0) is 14.6 Å². The predicted molar refractivity (Wildman–Crippen MR) is 115 cm³/mol. The fraction of sp³-hybridized carbons (Fsp3) is 0.300. The Morgan fingerprint density at radius 2 is 2.00 bits per heavy atom. The minimum absolute atomic E-state index is 0.0128. The van der Waals surface area contributed by atoms with E-state index in [4.69, 9.17) is 0 Å². The van der Waals surface area contributed by atoms with Crippen molar-refractivity contribution >= 4 is 44.0 Å². The first-order valence-electron chi connectivity index (χ1n) is 9.13. The Bertz CT molecular complexity index is 1070. The number of aryl methyl sites for hydroxylation is 1. The van der Waals surface area contributed by atoms with Crippen molar-refractivity contribution in [3.8, 4) is 0 Å². The molecule has 0 saturated carbocycles. The zero-order chi connectivity index (χ0) is 20.6. The number of amidine groups is 1. The number of amides is 1. The maximum atomic E-state index is 13.1. The van der Waals surface area contributed by atoms with Crippen molar-refractivity contribution < 1.29 is 17.6 Å². The van der Waals surface area contributed by atoms with Crippen molar-refractivity contribution in [1.82, 2.24) is 0 Å². The minimum Gasteiger partial charge on any atom is -0.325 e. The molecule has 4 rings (SSSR count). The number of aliphatic imine (C=N–C) groups is 1. The number of carbonyl (C=O) groups excluding carboxylic acids is 1. The van der Waals surface area contributed by atoms with Crippen molar-refractivity contribution in [3.05, 3.63) is 59.9 Å². The molecule has 0 aromatic heterocycles. The molecule has 2 atom stereocenters. The van der Waals surface area contributed by atoms with Crippen LogP contribution in [0.15, 0.2) is 53.5 Å². The van der Waals surface area contributed by atoms with Crippen LogP contribution in [0, 0.1) is 12.7 Å². The predicted octanol–water partition coefficient (Wildman–Crippen LogP) is 2.85. The Morgan fingerprint density at radius 3 is 2.69 bits per heavy atom.